The topological polar surface area (TPSA) is 44.0 Å². The van der Waals surface area contributed by atoms with Crippen molar-refractivity contribution >= 4 is 0 Å². The summed E-state index contributed by atoms with van der Waals surface area (Å²) in [5.41, 5.74) is -4.36. The average Bonchev–Trinajstić information content (AvgIpc) is 2.98. The van der Waals surface area contributed by atoms with Crippen LogP contribution in [0.5, 0.6) is 0 Å². The zero-order valence-electron chi connectivity index (χ0n) is 34.8. The summed E-state index contributed by atoms with van der Waals surface area (Å²) in [5.74, 6) is 0. The van der Waals surface area contributed by atoms with Crippen LogP contribution < -0.4 is 11.1 Å². The summed E-state index contributed by atoms with van der Waals surface area (Å²) in [4.78, 5) is 24.6. The molecular formula is C26H26N2O2. The smallest absolute Gasteiger partial charge is 0.255 e. The Balaban J connectivity index is 0.000000266. The minimum atomic E-state index is -2.26. The van der Waals surface area contributed by atoms with E-state index in [1.807, 2.05) is 0 Å². The number of hydrogen-bond donors (Lipinski definition) is 0. The molecule has 0 fully saturated rings. The summed E-state index contributed by atoms with van der Waals surface area (Å²) in [5, 5.41) is 0. The third-order valence-electron chi connectivity index (χ3n) is 3.43. The second kappa shape index (κ2) is 10.2. The fourth-order valence-corrected chi connectivity index (χ4v) is 2.04. The first-order valence-corrected chi connectivity index (χ1v) is 8.33. The molecule has 4 heteroatoms. The van der Waals surface area contributed by atoms with E-state index in [2.05, 4.69) is 0 Å². The Morgan fingerprint density at radius 3 is 1.63 bits per heavy atom. The Kier molecular flexibility index (Phi) is 2.57. The van der Waals surface area contributed by atoms with Gasteiger partial charge in [-0.1, -0.05) is 62.2 Å². The summed E-state index contributed by atoms with van der Waals surface area (Å²) in [7, 11) is 0. The molecule has 0 N–H and O–H groups in total. The number of hydrogen-bond acceptors (Lipinski definition) is 2. The van der Waals surface area contributed by atoms with Crippen LogP contribution in [0.15, 0.2) is 107 Å². The summed E-state index contributed by atoms with van der Waals surface area (Å²) < 4.78 is 149. The molecule has 0 saturated carbocycles. The van der Waals surface area contributed by atoms with Crippen molar-refractivity contribution in [3.05, 3.63) is 129 Å². The van der Waals surface area contributed by atoms with Crippen molar-refractivity contribution in [2.75, 3.05) is 0 Å². The minimum absolute atomic E-state index is 0.386. The van der Waals surface area contributed by atoms with Gasteiger partial charge in [-0.2, -0.15) is 0 Å². The quantitative estimate of drug-likeness (QED) is 0.479. The molecule has 0 saturated heterocycles. The van der Waals surface area contributed by atoms with Crippen LogP contribution in [0, 0.1) is 0 Å². The molecule has 0 aliphatic rings. The zero-order chi connectivity index (χ0) is 38.0. The van der Waals surface area contributed by atoms with Gasteiger partial charge < -0.3 is 0 Å². The molecule has 0 unspecified atom stereocenters. The van der Waals surface area contributed by atoms with E-state index in [4.69, 9.17) is 26.0 Å². The largest absolute Gasteiger partial charge is 0.284 e. The molecule has 0 spiro atoms. The van der Waals surface area contributed by atoms with E-state index < -0.39 is 137 Å². The summed E-state index contributed by atoms with van der Waals surface area (Å²) >= 11 is 0. The van der Waals surface area contributed by atoms with Gasteiger partial charge in [-0.05, 0) is 48.0 Å². The van der Waals surface area contributed by atoms with E-state index in [9.17, 15) is 9.59 Å². The van der Waals surface area contributed by atoms with Crippen molar-refractivity contribution in [2.24, 2.45) is 0 Å². The molecule has 0 radical (unpaired) electrons. The van der Waals surface area contributed by atoms with Gasteiger partial charge in [-0.15, -0.1) is 0 Å². The molecule has 152 valence electrons. The Labute approximate surface area is 203 Å². The fourth-order valence-electron chi connectivity index (χ4n) is 2.04. The van der Waals surface area contributed by atoms with E-state index in [1.165, 1.54) is 0 Å². The van der Waals surface area contributed by atoms with Crippen molar-refractivity contribution in [2.45, 2.75) is 26.6 Å². The molecular weight excluding hydrogens is 372 g/mol. The van der Waals surface area contributed by atoms with Crippen LogP contribution in [0.1, 0.15) is 51.0 Å². The molecule has 2 heterocycles. The highest BCUT2D eigenvalue weighted by Crippen LogP contribution is 2.07. The fraction of sp³-hybridized carbons (Fsp3) is 0.154. The third kappa shape index (κ3) is 5.23. The van der Waals surface area contributed by atoms with Crippen LogP contribution >= 0.6 is 0 Å². The number of nitrogens with zero attached hydrogens (tertiary/aromatic N) is 2. The minimum Gasteiger partial charge on any atom is -0.284 e. The van der Waals surface area contributed by atoms with Gasteiger partial charge in [-0.25, -0.2) is 0 Å². The molecule has 0 atom stereocenters. The second-order valence-corrected chi connectivity index (χ2v) is 5.27. The molecule has 0 aliphatic heterocycles. The van der Waals surface area contributed by atoms with E-state index >= 15 is 0 Å². The monoisotopic (exact) mass is 417 g/mol. The van der Waals surface area contributed by atoms with Gasteiger partial charge in [0, 0.05) is 41.3 Å². The van der Waals surface area contributed by atoms with Gasteiger partial charge in [0.25, 0.3) is 11.1 Å². The molecule has 0 aliphatic carbocycles. The normalized spacial score (nSPS) is 20.1. The highest BCUT2D eigenvalue weighted by Gasteiger charge is 2.00. The highest BCUT2D eigenvalue weighted by atomic mass is 16.1. The Morgan fingerprint density at radius 2 is 1.13 bits per heavy atom. The molecule has 4 rings (SSSR count). The van der Waals surface area contributed by atoms with Gasteiger partial charge in [0.1, 0.15) is 0 Å². The molecule has 2 aromatic carbocycles. The lowest BCUT2D eigenvalue weighted by atomic mass is 10.2. The van der Waals surface area contributed by atoms with E-state index in [-0.39, 0.29) is 0 Å². The maximum absolute atomic E-state index is 12.4. The predicted molar refractivity (Wildman–Crippen MR) is 123 cm³/mol. The predicted octanol–water partition coefficient (Wildman–Crippen LogP) is 4.80. The molecule has 4 nitrogen and oxygen atoms in total. The maximum atomic E-state index is 12.4. The Bertz CT molecular complexity index is 2090. The van der Waals surface area contributed by atoms with Crippen LogP contribution in [-0.2, 0) is 12.7 Å². The van der Waals surface area contributed by atoms with Gasteiger partial charge >= 0.3 is 0 Å². The Morgan fingerprint density at radius 1 is 0.667 bits per heavy atom. The van der Waals surface area contributed by atoms with Crippen LogP contribution in [0.25, 0.3) is 11.4 Å². The lowest BCUT2D eigenvalue weighted by Crippen LogP contribution is -2.16. The third-order valence-corrected chi connectivity index (χ3v) is 3.43. The standard InChI is InChI=1S/2C13H13NO/c2*1-2-11-8-9-13(15)14(10-11)12-6-4-3-5-7-12/h2*3-10H,2H2,1H3/i2D2,3D,4D,5D,6D,7D,8D,9D,10D;2D2,3D,4D,5D,6D,7D,8D,10D. The lowest BCUT2D eigenvalue weighted by Gasteiger charge is -2.06. The molecule has 2 aromatic heterocycles. The van der Waals surface area contributed by atoms with Crippen molar-refractivity contribution in [1.29, 1.82) is 0 Å². The molecule has 0 bridgehead atoms. The van der Waals surface area contributed by atoms with Crippen LogP contribution in [0.3, 0.4) is 0 Å². The zero-order valence-corrected chi connectivity index (χ0v) is 15.8. The average molecular weight is 418 g/mol. The number of para-hydroxylation sites is 2. The first-order chi connectivity index (χ1) is 22.2. The van der Waals surface area contributed by atoms with Crippen LogP contribution in [0.4, 0.5) is 0 Å². The SMILES string of the molecule is [2H]c1c([2H])c([2H])c(-n2c([2H])c(C([2H])([2H])C)c([2H])c([2H])c2=O)c([2H])c1[2H].[2H]c1cc(=O)n(-c2c([2H])c([2H])c([2H])c([2H])c2[2H])c([2H])c1C([2H])([2H])C. The van der Waals surface area contributed by atoms with E-state index in [0.717, 1.165) is 19.9 Å². The van der Waals surface area contributed by atoms with E-state index in [0.29, 0.717) is 9.13 Å². The first-order valence-electron chi connectivity index (χ1n) is 17.8. The van der Waals surface area contributed by atoms with Crippen molar-refractivity contribution in [1.82, 2.24) is 9.13 Å². The molecule has 30 heavy (non-hydrogen) atoms. The van der Waals surface area contributed by atoms with Crippen LogP contribution in [0.2, 0.25) is 0 Å². The number of benzene rings is 2. The highest BCUT2D eigenvalue weighted by molar-refractivity contribution is 5.33. The van der Waals surface area contributed by atoms with Gasteiger partial charge in [0.2, 0.25) is 0 Å². The summed E-state index contributed by atoms with van der Waals surface area (Å²) in [6.07, 6.45) is -5.94. The molecule has 4 aromatic rings. The maximum Gasteiger partial charge on any atom is 0.255 e. The number of pyridine rings is 2. The van der Waals surface area contributed by atoms with Crippen LogP contribution in [-0.4, -0.2) is 9.13 Å². The van der Waals surface area contributed by atoms with Crippen molar-refractivity contribution in [3.63, 3.8) is 0 Å². The second-order valence-electron chi connectivity index (χ2n) is 5.27. The number of rotatable bonds is 4. The summed E-state index contributed by atoms with van der Waals surface area (Å²) in [6, 6.07) is -8.46. The molecule has 0 amide bonds. The van der Waals surface area contributed by atoms with Gasteiger partial charge in [-0.3, -0.25) is 18.7 Å². The van der Waals surface area contributed by atoms with Gasteiger partial charge in [0.15, 0.2) is 0 Å². The van der Waals surface area contributed by atoms with Gasteiger partial charge in [0.05, 0.1) is 20.6 Å². The lowest BCUT2D eigenvalue weighted by molar-refractivity contribution is 0.953. The number of aromatic nitrogens is 2. The first kappa shape index (κ1) is 7.55. The summed E-state index contributed by atoms with van der Waals surface area (Å²) in [6.45, 7) is 2.14. The van der Waals surface area contributed by atoms with Crippen molar-refractivity contribution in [3.8, 4) is 11.4 Å². The van der Waals surface area contributed by atoms with E-state index in [1.54, 1.807) is 0 Å². The van der Waals surface area contributed by atoms with Crippen molar-refractivity contribution < 1.29 is 26.0 Å². The Hall–Kier alpha value is -3.66.